The van der Waals surface area contributed by atoms with Crippen LogP contribution in [0.1, 0.15) is 75.3 Å². The summed E-state index contributed by atoms with van der Waals surface area (Å²) in [6.45, 7) is 3.17. The van der Waals surface area contributed by atoms with Crippen molar-refractivity contribution in [3.05, 3.63) is 101 Å². The molecule has 1 atom stereocenters. The second-order valence-electron chi connectivity index (χ2n) is 11.8. The van der Waals surface area contributed by atoms with Crippen LogP contribution < -0.4 is 4.74 Å². The first kappa shape index (κ1) is 23.9. The Morgan fingerprint density at radius 2 is 1.50 bits per heavy atom. The van der Waals surface area contributed by atoms with Gasteiger partial charge in [0.25, 0.3) is 0 Å². The maximum Gasteiger partial charge on any atom is 0.161 e. The first-order chi connectivity index (χ1) is 18.8. The predicted molar refractivity (Wildman–Crippen MR) is 152 cm³/mol. The van der Waals surface area contributed by atoms with Gasteiger partial charge in [0.15, 0.2) is 13.5 Å². The van der Waals surface area contributed by atoms with Crippen molar-refractivity contribution >= 4 is 0 Å². The molecule has 0 spiro atoms. The Kier molecular flexibility index (Phi) is 6.43. The van der Waals surface area contributed by atoms with Gasteiger partial charge in [0.1, 0.15) is 11.5 Å². The molecule has 2 fully saturated rings. The molecule has 1 aromatic rings. The quantitative estimate of drug-likeness (QED) is 0.417. The van der Waals surface area contributed by atoms with E-state index in [4.69, 9.17) is 9.47 Å². The normalized spacial score (nSPS) is 26.2. The fourth-order valence-electron chi connectivity index (χ4n) is 7.43. The summed E-state index contributed by atoms with van der Waals surface area (Å²) in [6.07, 6.45) is 30.9. The molecule has 4 aliphatic carbocycles. The third-order valence-electron chi connectivity index (χ3n) is 9.52. The minimum Gasteiger partial charge on any atom is -0.473 e. The van der Waals surface area contributed by atoms with E-state index in [0.29, 0.717) is 19.4 Å². The van der Waals surface area contributed by atoms with E-state index in [1.165, 1.54) is 60.2 Å². The summed E-state index contributed by atoms with van der Waals surface area (Å²) < 4.78 is 12.5. The van der Waals surface area contributed by atoms with Crippen LogP contribution in [0.15, 0.2) is 89.5 Å². The van der Waals surface area contributed by atoms with Crippen LogP contribution in [-0.4, -0.2) is 29.8 Å². The second-order valence-corrected chi connectivity index (χ2v) is 11.8. The fraction of sp³-hybridized carbons (Fsp3) is 0.471. The van der Waals surface area contributed by atoms with Crippen LogP contribution >= 0.6 is 0 Å². The van der Waals surface area contributed by atoms with Gasteiger partial charge in [-0.15, -0.1) is 0 Å². The molecule has 1 aromatic carbocycles. The summed E-state index contributed by atoms with van der Waals surface area (Å²) in [7, 11) is 0. The molecular weight excluding hydrogens is 468 g/mol. The number of ether oxygens (including phenoxy) is 2. The maximum absolute atomic E-state index is 6.28. The summed E-state index contributed by atoms with van der Waals surface area (Å²) in [4.78, 5) is 4.78. The number of benzene rings is 1. The highest BCUT2D eigenvalue weighted by atomic mass is 16.5. The summed E-state index contributed by atoms with van der Waals surface area (Å²) in [5.74, 6) is 2.68. The lowest BCUT2D eigenvalue weighted by Gasteiger charge is -2.46. The Morgan fingerprint density at radius 3 is 2.24 bits per heavy atom. The Bertz CT molecular complexity index is 1260. The number of hydrogen-bond donors (Lipinski definition) is 0. The molecule has 0 N–H and O–H groups in total. The standard InChI is InChI=1S/C34H40N2O2/c1-4-10-30(11-5-1)35-22-26-20-28(14-16-32(26)37-24-35)34(18-8-3-9-19-34)29-15-17-33-27(21-29)23-36(25-38-33)31-12-6-2-7-13-31/h4,6,10-14,16-17,20-21,29H,1-3,5,7-9,15,18-19,22-25H2. The number of nitrogens with zero attached hydrogens (tertiary/aromatic N) is 2. The average Bonchev–Trinajstić information content (AvgIpc) is 3.01. The molecule has 4 nitrogen and oxygen atoms in total. The second kappa shape index (κ2) is 10.2. The van der Waals surface area contributed by atoms with Crippen LogP contribution in [0.5, 0.6) is 5.75 Å². The third kappa shape index (κ3) is 4.42. The van der Waals surface area contributed by atoms with E-state index < -0.39 is 0 Å². The van der Waals surface area contributed by atoms with Gasteiger partial charge in [-0.25, -0.2) is 0 Å². The Morgan fingerprint density at radius 1 is 0.763 bits per heavy atom. The molecule has 1 unspecified atom stereocenters. The van der Waals surface area contributed by atoms with Crippen molar-refractivity contribution < 1.29 is 9.47 Å². The first-order valence-electron chi connectivity index (χ1n) is 14.8. The Balaban J connectivity index is 1.18. The molecule has 1 saturated heterocycles. The van der Waals surface area contributed by atoms with Gasteiger partial charge in [-0.3, -0.25) is 0 Å². The molecule has 0 radical (unpaired) electrons. The smallest absolute Gasteiger partial charge is 0.161 e. The Hall–Kier alpha value is -3.14. The minimum absolute atomic E-state index is 0.181. The molecular formula is C34H40N2O2. The number of fused-ring (bicyclic) bond motifs is 2. The van der Waals surface area contributed by atoms with Gasteiger partial charge >= 0.3 is 0 Å². The zero-order valence-corrected chi connectivity index (χ0v) is 22.5. The van der Waals surface area contributed by atoms with Crippen molar-refractivity contribution in [2.45, 2.75) is 76.2 Å². The van der Waals surface area contributed by atoms with Crippen LogP contribution in [0.25, 0.3) is 0 Å². The monoisotopic (exact) mass is 508 g/mol. The van der Waals surface area contributed by atoms with Crippen molar-refractivity contribution in [3.8, 4) is 5.75 Å². The molecule has 0 bridgehead atoms. The number of allylic oxidation sites excluding steroid dienone is 8. The van der Waals surface area contributed by atoms with Gasteiger partial charge in [0, 0.05) is 41.0 Å². The van der Waals surface area contributed by atoms with Gasteiger partial charge in [0.2, 0.25) is 0 Å². The van der Waals surface area contributed by atoms with Crippen molar-refractivity contribution in [2.24, 2.45) is 5.92 Å². The van der Waals surface area contributed by atoms with Crippen molar-refractivity contribution in [1.29, 1.82) is 0 Å². The van der Waals surface area contributed by atoms with Crippen LogP contribution in [-0.2, 0) is 16.7 Å². The van der Waals surface area contributed by atoms with Gasteiger partial charge in [0.05, 0.1) is 0 Å². The molecule has 6 aliphatic rings. The highest BCUT2D eigenvalue weighted by Gasteiger charge is 2.42. The van der Waals surface area contributed by atoms with Crippen LogP contribution in [0.2, 0.25) is 0 Å². The van der Waals surface area contributed by atoms with E-state index >= 15 is 0 Å². The summed E-state index contributed by atoms with van der Waals surface area (Å²) >= 11 is 0. The van der Waals surface area contributed by atoms with Crippen molar-refractivity contribution in [2.75, 3.05) is 20.0 Å². The topological polar surface area (TPSA) is 24.9 Å². The van der Waals surface area contributed by atoms with Gasteiger partial charge in [-0.1, -0.05) is 55.7 Å². The van der Waals surface area contributed by atoms with E-state index in [1.54, 1.807) is 0 Å². The molecule has 7 rings (SSSR count). The highest BCUT2D eigenvalue weighted by Crippen LogP contribution is 2.50. The van der Waals surface area contributed by atoms with E-state index in [1.807, 2.05) is 0 Å². The molecule has 4 heteroatoms. The summed E-state index contributed by atoms with van der Waals surface area (Å²) in [5.41, 5.74) is 7.02. The summed E-state index contributed by atoms with van der Waals surface area (Å²) in [5, 5.41) is 0. The largest absolute Gasteiger partial charge is 0.473 e. The fourth-order valence-corrected chi connectivity index (χ4v) is 7.43. The van der Waals surface area contributed by atoms with E-state index in [2.05, 4.69) is 76.6 Å². The van der Waals surface area contributed by atoms with Crippen molar-refractivity contribution in [1.82, 2.24) is 9.80 Å². The van der Waals surface area contributed by atoms with E-state index in [9.17, 15) is 0 Å². The molecule has 2 heterocycles. The summed E-state index contributed by atoms with van der Waals surface area (Å²) in [6, 6.07) is 7.14. The van der Waals surface area contributed by atoms with Gasteiger partial charge < -0.3 is 19.3 Å². The Labute approximate surface area is 227 Å². The van der Waals surface area contributed by atoms with Crippen LogP contribution in [0.4, 0.5) is 0 Å². The van der Waals surface area contributed by atoms with Crippen molar-refractivity contribution in [3.63, 3.8) is 0 Å². The maximum atomic E-state index is 6.28. The molecule has 38 heavy (non-hydrogen) atoms. The van der Waals surface area contributed by atoms with Gasteiger partial charge in [-0.2, -0.15) is 0 Å². The average molecular weight is 509 g/mol. The lowest BCUT2D eigenvalue weighted by molar-refractivity contribution is 0.0791. The van der Waals surface area contributed by atoms with Crippen LogP contribution in [0.3, 0.4) is 0 Å². The first-order valence-corrected chi connectivity index (χ1v) is 14.8. The third-order valence-corrected chi connectivity index (χ3v) is 9.52. The molecule has 0 amide bonds. The minimum atomic E-state index is 0.181. The molecule has 198 valence electrons. The lowest BCUT2D eigenvalue weighted by Crippen LogP contribution is -2.40. The predicted octanol–water partition coefficient (Wildman–Crippen LogP) is 7.63. The number of rotatable bonds is 4. The lowest BCUT2D eigenvalue weighted by atomic mass is 9.60. The zero-order valence-electron chi connectivity index (χ0n) is 22.5. The SMILES string of the molecule is C1=CC(N2COC3=CCC(C4(c5ccc6c(c5)CN(C5=CCCC=C5)CO6)CCCCC4)C=C3C2)=CCC1. The van der Waals surface area contributed by atoms with Crippen LogP contribution in [0, 0.1) is 5.92 Å². The van der Waals surface area contributed by atoms with Gasteiger partial charge in [-0.05, 0) is 86.8 Å². The van der Waals surface area contributed by atoms with E-state index in [0.717, 1.165) is 56.7 Å². The number of hydrogen-bond acceptors (Lipinski definition) is 4. The molecule has 0 aromatic heterocycles. The molecule has 2 aliphatic heterocycles. The highest BCUT2D eigenvalue weighted by molar-refractivity contribution is 5.45. The van der Waals surface area contributed by atoms with E-state index in [-0.39, 0.29) is 5.41 Å². The molecule has 1 saturated carbocycles. The zero-order chi connectivity index (χ0) is 25.4.